The fourth-order valence-electron chi connectivity index (χ4n) is 4.56. The number of aromatic amines is 1. The van der Waals surface area contributed by atoms with E-state index in [1.807, 2.05) is 0 Å². The summed E-state index contributed by atoms with van der Waals surface area (Å²) < 4.78 is 2.27. The lowest BCUT2D eigenvalue weighted by Crippen LogP contribution is -2.41. The number of benzene rings is 2. The Morgan fingerprint density at radius 3 is 2.21 bits per heavy atom. The summed E-state index contributed by atoms with van der Waals surface area (Å²) >= 11 is 0. The van der Waals surface area contributed by atoms with Crippen molar-refractivity contribution in [3.63, 3.8) is 0 Å². The summed E-state index contributed by atoms with van der Waals surface area (Å²) in [5, 5.41) is 0. The zero-order valence-electron chi connectivity index (χ0n) is 17.7. The molecule has 0 fully saturated rings. The van der Waals surface area contributed by atoms with E-state index in [0.717, 1.165) is 6.42 Å². The average molecular weight is 376 g/mol. The predicted octanol–water partition coefficient (Wildman–Crippen LogP) is 6.09. The molecule has 0 spiro atoms. The fourth-order valence-corrected chi connectivity index (χ4v) is 4.56. The number of unbranched alkanes of at least 4 members (excludes halogenated alkanes) is 3. The van der Waals surface area contributed by atoms with Crippen molar-refractivity contribution in [1.29, 1.82) is 0 Å². The van der Waals surface area contributed by atoms with E-state index in [1.54, 1.807) is 0 Å². The minimum absolute atomic E-state index is 0.0252. The lowest BCUT2D eigenvalue weighted by molar-refractivity contribution is -0.679. The molecule has 3 aromatic rings. The van der Waals surface area contributed by atoms with Gasteiger partial charge in [0.25, 0.3) is 5.82 Å². The third kappa shape index (κ3) is 4.73. The molecule has 2 nitrogen and oxygen atoms in total. The van der Waals surface area contributed by atoms with Crippen molar-refractivity contribution >= 4 is 0 Å². The van der Waals surface area contributed by atoms with Gasteiger partial charge in [0.05, 0.1) is 13.0 Å². The van der Waals surface area contributed by atoms with Crippen LogP contribution in [-0.2, 0) is 18.9 Å². The molecule has 0 aliphatic rings. The molecule has 1 aromatic heterocycles. The zero-order chi connectivity index (χ0) is 19.8. The molecule has 0 aliphatic carbocycles. The molecule has 0 radical (unpaired) electrons. The first-order valence-corrected chi connectivity index (χ1v) is 10.8. The van der Waals surface area contributed by atoms with Crippen LogP contribution < -0.4 is 4.57 Å². The van der Waals surface area contributed by atoms with Gasteiger partial charge in [0.2, 0.25) is 0 Å². The average Bonchev–Trinajstić information content (AvgIpc) is 3.15. The number of rotatable bonds is 10. The number of aromatic nitrogens is 2. The Morgan fingerprint density at radius 2 is 1.61 bits per heavy atom. The van der Waals surface area contributed by atoms with E-state index in [2.05, 4.69) is 104 Å². The van der Waals surface area contributed by atoms with Crippen molar-refractivity contribution in [3.05, 3.63) is 90.0 Å². The zero-order valence-corrected chi connectivity index (χ0v) is 17.7. The molecule has 0 aliphatic heterocycles. The summed E-state index contributed by atoms with van der Waals surface area (Å²) in [7, 11) is 2.17. The molecule has 2 unspecified atom stereocenters. The molecule has 28 heavy (non-hydrogen) atoms. The van der Waals surface area contributed by atoms with Crippen molar-refractivity contribution in [1.82, 2.24) is 4.98 Å². The first-order valence-electron chi connectivity index (χ1n) is 10.8. The van der Waals surface area contributed by atoms with Crippen LogP contribution in [0, 0.1) is 0 Å². The summed E-state index contributed by atoms with van der Waals surface area (Å²) in [4.78, 5) is 3.57. The molecule has 1 heterocycles. The number of imidazole rings is 1. The maximum atomic E-state index is 3.57. The molecular formula is C26H35N2+. The minimum atomic E-state index is 0.0252. The number of hydrogen-bond donors (Lipinski definition) is 1. The monoisotopic (exact) mass is 375 g/mol. The van der Waals surface area contributed by atoms with E-state index in [1.165, 1.54) is 49.1 Å². The van der Waals surface area contributed by atoms with Gasteiger partial charge >= 0.3 is 0 Å². The molecular weight excluding hydrogens is 340 g/mol. The van der Waals surface area contributed by atoms with Crippen LogP contribution in [-0.4, -0.2) is 4.98 Å². The van der Waals surface area contributed by atoms with E-state index >= 15 is 0 Å². The van der Waals surface area contributed by atoms with Crippen LogP contribution in [0.4, 0.5) is 0 Å². The molecule has 0 saturated heterocycles. The van der Waals surface area contributed by atoms with Gasteiger partial charge in [-0.3, -0.25) is 0 Å². The molecule has 0 amide bonds. The summed E-state index contributed by atoms with van der Waals surface area (Å²) in [6.07, 6.45) is 11.6. The molecule has 0 bridgehead atoms. The fraction of sp³-hybridized carbons (Fsp3) is 0.423. The SMILES string of the molecule is CCCCCCC(c1[nH]cc[n+]1C)C(C)(Cc1ccccc1)c1ccccc1. The van der Waals surface area contributed by atoms with Crippen molar-refractivity contribution in [2.45, 2.75) is 63.7 Å². The van der Waals surface area contributed by atoms with Crippen LogP contribution in [0.3, 0.4) is 0 Å². The lowest BCUT2D eigenvalue weighted by Gasteiger charge is -2.37. The van der Waals surface area contributed by atoms with Crippen molar-refractivity contribution in [2.24, 2.45) is 7.05 Å². The van der Waals surface area contributed by atoms with Crippen LogP contribution in [0.2, 0.25) is 0 Å². The Balaban J connectivity index is 2.01. The lowest BCUT2D eigenvalue weighted by atomic mass is 9.66. The second-order valence-electron chi connectivity index (χ2n) is 8.30. The first kappa shape index (κ1) is 20.4. The highest BCUT2D eigenvalue weighted by Crippen LogP contribution is 2.43. The van der Waals surface area contributed by atoms with Gasteiger partial charge in [-0.15, -0.1) is 0 Å². The predicted molar refractivity (Wildman–Crippen MR) is 117 cm³/mol. The Morgan fingerprint density at radius 1 is 0.929 bits per heavy atom. The van der Waals surface area contributed by atoms with Gasteiger partial charge in [0.15, 0.2) is 0 Å². The molecule has 2 atom stereocenters. The Kier molecular flexibility index (Phi) is 7.08. The molecule has 148 valence electrons. The third-order valence-electron chi connectivity index (χ3n) is 6.20. The van der Waals surface area contributed by atoms with Crippen molar-refractivity contribution in [2.75, 3.05) is 0 Å². The summed E-state index contributed by atoms with van der Waals surface area (Å²) in [5.74, 6) is 1.77. The number of H-pyrrole nitrogens is 1. The second-order valence-corrected chi connectivity index (χ2v) is 8.30. The van der Waals surface area contributed by atoms with E-state index < -0.39 is 0 Å². The maximum absolute atomic E-state index is 3.57. The highest BCUT2D eigenvalue weighted by atomic mass is 15.0. The van der Waals surface area contributed by atoms with Gasteiger partial charge in [0, 0.05) is 5.41 Å². The highest BCUT2D eigenvalue weighted by molar-refractivity contribution is 5.32. The molecule has 2 heteroatoms. The second kappa shape index (κ2) is 9.73. The van der Waals surface area contributed by atoms with Gasteiger partial charge < -0.3 is 0 Å². The molecule has 0 saturated carbocycles. The van der Waals surface area contributed by atoms with Crippen LogP contribution in [0.15, 0.2) is 73.1 Å². The van der Waals surface area contributed by atoms with Gasteiger partial charge in [-0.25, -0.2) is 9.55 Å². The topological polar surface area (TPSA) is 19.7 Å². The highest BCUT2D eigenvalue weighted by Gasteiger charge is 2.41. The normalized spacial score (nSPS) is 14.5. The van der Waals surface area contributed by atoms with Crippen LogP contribution in [0.25, 0.3) is 0 Å². The van der Waals surface area contributed by atoms with Crippen LogP contribution >= 0.6 is 0 Å². The largest absolute Gasteiger partial charge is 0.258 e. The quantitative estimate of drug-likeness (QED) is 0.327. The van der Waals surface area contributed by atoms with Crippen LogP contribution in [0.5, 0.6) is 0 Å². The number of aryl methyl sites for hydroxylation is 1. The smallest absolute Gasteiger partial charge is 0.247 e. The summed E-state index contributed by atoms with van der Waals surface area (Å²) in [6.45, 7) is 4.74. The molecule has 2 aromatic carbocycles. The molecule has 3 rings (SSSR count). The van der Waals surface area contributed by atoms with Gasteiger partial charge in [-0.1, -0.05) is 100 Å². The van der Waals surface area contributed by atoms with E-state index in [0.29, 0.717) is 5.92 Å². The van der Waals surface area contributed by atoms with E-state index in [4.69, 9.17) is 0 Å². The van der Waals surface area contributed by atoms with Crippen molar-refractivity contribution < 1.29 is 4.57 Å². The van der Waals surface area contributed by atoms with E-state index in [9.17, 15) is 0 Å². The summed E-state index contributed by atoms with van der Waals surface area (Å²) in [5.41, 5.74) is 2.85. The van der Waals surface area contributed by atoms with E-state index in [-0.39, 0.29) is 5.41 Å². The van der Waals surface area contributed by atoms with Crippen LogP contribution in [0.1, 0.15) is 68.8 Å². The van der Waals surface area contributed by atoms with Gasteiger partial charge in [-0.05, 0) is 24.0 Å². The standard InChI is InChI=1S/C26H34N2/c1-4-5-6-13-18-24(25-27-19-20-28(25)3)26(2,23-16-11-8-12-17-23)21-22-14-9-7-10-15-22/h7-12,14-17,19-20,24H,4-6,13,18,21H2,1-3H3/p+1. The summed E-state index contributed by atoms with van der Waals surface area (Å²) in [6, 6.07) is 22.1. The minimum Gasteiger partial charge on any atom is -0.247 e. The first-order chi connectivity index (χ1) is 13.6. The molecule has 1 N–H and O–H groups in total. The Bertz CT molecular complexity index is 822. The number of nitrogens with one attached hydrogen (secondary N) is 1. The Labute approximate surface area is 170 Å². The number of hydrogen-bond acceptors (Lipinski definition) is 0. The maximum Gasteiger partial charge on any atom is 0.258 e. The Hall–Kier alpha value is -2.35. The van der Waals surface area contributed by atoms with Crippen molar-refractivity contribution in [3.8, 4) is 0 Å². The van der Waals surface area contributed by atoms with Gasteiger partial charge in [-0.2, -0.15) is 0 Å². The number of nitrogens with zero attached hydrogens (tertiary/aromatic N) is 1. The van der Waals surface area contributed by atoms with Gasteiger partial charge in [0.1, 0.15) is 12.4 Å². The third-order valence-corrected chi connectivity index (χ3v) is 6.20.